The van der Waals surface area contributed by atoms with E-state index in [2.05, 4.69) is 5.32 Å². The Morgan fingerprint density at radius 1 is 1.29 bits per heavy atom. The number of nitrogens with zero attached hydrogens (tertiary/aromatic N) is 1. The van der Waals surface area contributed by atoms with Crippen LogP contribution in [-0.4, -0.2) is 49.1 Å². The van der Waals surface area contributed by atoms with Crippen LogP contribution < -0.4 is 5.32 Å². The first-order valence-corrected chi connectivity index (χ1v) is 6.32. The van der Waals surface area contributed by atoms with E-state index in [9.17, 15) is 9.59 Å². The maximum absolute atomic E-state index is 11.5. The van der Waals surface area contributed by atoms with Gasteiger partial charge in [0.05, 0.1) is 0 Å². The fourth-order valence-electron chi connectivity index (χ4n) is 1.96. The van der Waals surface area contributed by atoms with Crippen molar-refractivity contribution in [1.82, 2.24) is 10.2 Å². The second-order valence-corrected chi connectivity index (χ2v) is 4.21. The Morgan fingerprint density at radius 2 is 1.94 bits per heavy atom. The standard InChI is InChI=1S/C12H22N2O3/c1-3-12(16)14-7-5-10(6-8-14)13-11(15)9-17-4-2/h10H,3-9H2,1-2H3,(H,13,15). The molecule has 5 nitrogen and oxygen atoms in total. The Kier molecular flexibility index (Phi) is 5.97. The molecule has 1 heterocycles. The lowest BCUT2D eigenvalue weighted by molar-refractivity contribution is -0.132. The highest BCUT2D eigenvalue weighted by molar-refractivity contribution is 5.78. The van der Waals surface area contributed by atoms with Crippen LogP contribution in [0.4, 0.5) is 0 Å². The lowest BCUT2D eigenvalue weighted by atomic mass is 10.0. The molecule has 0 saturated carbocycles. The maximum Gasteiger partial charge on any atom is 0.246 e. The van der Waals surface area contributed by atoms with Crippen molar-refractivity contribution in [2.24, 2.45) is 0 Å². The summed E-state index contributed by atoms with van der Waals surface area (Å²) >= 11 is 0. The molecule has 1 saturated heterocycles. The lowest BCUT2D eigenvalue weighted by Crippen LogP contribution is -2.47. The van der Waals surface area contributed by atoms with Gasteiger partial charge in [-0.25, -0.2) is 0 Å². The van der Waals surface area contributed by atoms with Gasteiger partial charge in [-0.2, -0.15) is 0 Å². The summed E-state index contributed by atoms with van der Waals surface area (Å²) in [6, 6.07) is 0.184. The van der Waals surface area contributed by atoms with E-state index >= 15 is 0 Å². The Hall–Kier alpha value is -1.10. The van der Waals surface area contributed by atoms with Crippen LogP contribution in [0.2, 0.25) is 0 Å². The maximum atomic E-state index is 11.5. The summed E-state index contributed by atoms with van der Waals surface area (Å²) in [5, 5.41) is 2.93. The topological polar surface area (TPSA) is 58.6 Å². The van der Waals surface area contributed by atoms with Crippen LogP contribution in [0.25, 0.3) is 0 Å². The van der Waals surface area contributed by atoms with Gasteiger partial charge in [0.1, 0.15) is 6.61 Å². The van der Waals surface area contributed by atoms with E-state index in [1.807, 2.05) is 18.7 Å². The van der Waals surface area contributed by atoms with Crippen molar-refractivity contribution < 1.29 is 14.3 Å². The van der Waals surface area contributed by atoms with Crippen molar-refractivity contribution in [2.75, 3.05) is 26.3 Å². The Labute approximate surface area is 102 Å². The Morgan fingerprint density at radius 3 is 2.47 bits per heavy atom. The number of ether oxygens (including phenoxy) is 1. The fraction of sp³-hybridized carbons (Fsp3) is 0.833. The highest BCUT2D eigenvalue weighted by atomic mass is 16.5. The minimum absolute atomic E-state index is 0.0629. The number of nitrogens with one attached hydrogen (secondary N) is 1. The number of hydrogen-bond donors (Lipinski definition) is 1. The van der Waals surface area contributed by atoms with Crippen LogP contribution in [0.5, 0.6) is 0 Å². The summed E-state index contributed by atoms with van der Waals surface area (Å²) in [5.74, 6) is 0.135. The normalized spacial score (nSPS) is 16.9. The van der Waals surface area contributed by atoms with Crippen molar-refractivity contribution in [1.29, 1.82) is 0 Å². The predicted octanol–water partition coefficient (Wildman–Crippen LogP) is 0.540. The van der Waals surface area contributed by atoms with E-state index < -0.39 is 0 Å². The van der Waals surface area contributed by atoms with Crippen LogP contribution in [-0.2, 0) is 14.3 Å². The minimum atomic E-state index is -0.0629. The van der Waals surface area contributed by atoms with Crippen LogP contribution in [0.1, 0.15) is 33.1 Å². The van der Waals surface area contributed by atoms with Gasteiger partial charge in [0.25, 0.3) is 0 Å². The van der Waals surface area contributed by atoms with Gasteiger partial charge in [0, 0.05) is 32.2 Å². The van der Waals surface area contributed by atoms with Crippen molar-refractivity contribution >= 4 is 11.8 Å². The number of amides is 2. The van der Waals surface area contributed by atoms with Gasteiger partial charge in [0.15, 0.2) is 0 Å². The first-order valence-electron chi connectivity index (χ1n) is 6.32. The first-order chi connectivity index (χ1) is 8.17. The fourth-order valence-corrected chi connectivity index (χ4v) is 1.96. The average Bonchev–Trinajstić information content (AvgIpc) is 2.36. The minimum Gasteiger partial charge on any atom is -0.372 e. The zero-order valence-corrected chi connectivity index (χ0v) is 10.7. The van der Waals surface area contributed by atoms with Crippen molar-refractivity contribution in [3.63, 3.8) is 0 Å². The molecule has 0 aromatic heterocycles. The second-order valence-electron chi connectivity index (χ2n) is 4.21. The molecule has 0 aromatic carbocycles. The summed E-state index contributed by atoms with van der Waals surface area (Å²) in [5.41, 5.74) is 0. The molecule has 0 atom stereocenters. The monoisotopic (exact) mass is 242 g/mol. The molecule has 1 aliphatic heterocycles. The Bertz CT molecular complexity index is 260. The lowest BCUT2D eigenvalue weighted by Gasteiger charge is -2.32. The molecule has 1 fully saturated rings. The van der Waals surface area contributed by atoms with Crippen molar-refractivity contribution in [2.45, 2.75) is 39.2 Å². The molecule has 17 heavy (non-hydrogen) atoms. The smallest absolute Gasteiger partial charge is 0.246 e. The van der Waals surface area contributed by atoms with E-state index in [0.29, 0.717) is 13.0 Å². The highest BCUT2D eigenvalue weighted by Gasteiger charge is 2.22. The van der Waals surface area contributed by atoms with E-state index in [-0.39, 0.29) is 24.5 Å². The van der Waals surface area contributed by atoms with Gasteiger partial charge in [-0.3, -0.25) is 9.59 Å². The van der Waals surface area contributed by atoms with E-state index in [1.54, 1.807) is 0 Å². The molecule has 1 N–H and O–H groups in total. The molecule has 1 aliphatic rings. The quantitative estimate of drug-likeness (QED) is 0.765. The summed E-state index contributed by atoms with van der Waals surface area (Å²) in [6.45, 7) is 5.90. The van der Waals surface area contributed by atoms with Crippen LogP contribution in [0.3, 0.4) is 0 Å². The number of rotatable bonds is 5. The molecule has 0 bridgehead atoms. The van der Waals surface area contributed by atoms with Crippen LogP contribution >= 0.6 is 0 Å². The van der Waals surface area contributed by atoms with Gasteiger partial charge < -0.3 is 15.0 Å². The summed E-state index contributed by atoms with van der Waals surface area (Å²) in [6.07, 6.45) is 2.23. The first kappa shape index (κ1) is 14.0. The highest BCUT2D eigenvalue weighted by Crippen LogP contribution is 2.11. The van der Waals surface area contributed by atoms with E-state index in [1.165, 1.54) is 0 Å². The van der Waals surface area contributed by atoms with Crippen LogP contribution in [0.15, 0.2) is 0 Å². The molecule has 2 amide bonds. The molecule has 0 radical (unpaired) electrons. The molecule has 0 spiro atoms. The van der Waals surface area contributed by atoms with Gasteiger partial charge in [-0.15, -0.1) is 0 Å². The third-order valence-corrected chi connectivity index (χ3v) is 2.95. The SMILES string of the molecule is CCOCC(=O)NC1CCN(C(=O)CC)CC1. The average molecular weight is 242 g/mol. The van der Waals surface area contributed by atoms with Gasteiger partial charge in [-0.1, -0.05) is 6.92 Å². The molecule has 0 aliphatic carbocycles. The Balaban J connectivity index is 2.23. The third-order valence-electron chi connectivity index (χ3n) is 2.95. The van der Waals surface area contributed by atoms with Crippen molar-refractivity contribution in [3.05, 3.63) is 0 Å². The van der Waals surface area contributed by atoms with E-state index in [4.69, 9.17) is 4.74 Å². The number of hydrogen-bond acceptors (Lipinski definition) is 3. The van der Waals surface area contributed by atoms with E-state index in [0.717, 1.165) is 25.9 Å². The number of likely N-dealkylation sites (tertiary alicyclic amines) is 1. The van der Waals surface area contributed by atoms with Crippen molar-refractivity contribution in [3.8, 4) is 0 Å². The largest absolute Gasteiger partial charge is 0.372 e. The van der Waals surface area contributed by atoms with Gasteiger partial charge in [-0.05, 0) is 19.8 Å². The zero-order valence-electron chi connectivity index (χ0n) is 10.7. The van der Waals surface area contributed by atoms with Crippen LogP contribution in [0, 0.1) is 0 Å². The molecule has 0 aromatic rings. The molecular weight excluding hydrogens is 220 g/mol. The number of carbonyl (C=O) groups is 2. The predicted molar refractivity (Wildman–Crippen MR) is 64.5 cm³/mol. The number of piperidine rings is 1. The summed E-state index contributed by atoms with van der Waals surface area (Å²) < 4.78 is 5.04. The molecular formula is C12H22N2O3. The molecule has 5 heteroatoms. The molecule has 0 unspecified atom stereocenters. The molecule has 1 rings (SSSR count). The second kappa shape index (κ2) is 7.27. The zero-order chi connectivity index (χ0) is 12.7. The van der Waals surface area contributed by atoms with Gasteiger partial charge >= 0.3 is 0 Å². The summed E-state index contributed by atoms with van der Waals surface area (Å²) in [4.78, 5) is 24.7. The third kappa shape index (κ3) is 4.73. The molecule has 98 valence electrons. The number of carbonyl (C=O) groups excluding carboxylic acids is 2. The van der Waals surface area contributed by atoms with Gasteiger partial charge in [0.2, 0.25) is 11.8 Å². The summed E-state index contributed by atoms with van der Waals surface area (Å²) in [7, 11) is 0.